The van der Waals surface area contributed by atoms with Crippen molar-refractivity contribution in [3.8, 4) is 11.1 Å². The van der Waals surface area contributed by atoms with E-state index in [1.54, 1.807) is 24.4 Å². The number of pyridine rings is 1. The summed E-state index contributed by atoms with van der Waals surface area (Å²) in [7, 11) is 0. The van der Waals surface area contributed by atoms with E-state index in [-0.39, 0.29) is 23.3 Å². The van der Waals surface area contributed by atoms with Crippen molar-refractivity contribution in [3.05, 3.63) is 77.4 Å². The van der Waals surface area contributed by atoms with E-state index in [4.69, 9.17) is 0 Å². The molecule has 2 atom stereocenters. The van der Waals surface area contributed by atoms with E-state index in [1.165, 1.54) is 6.07 Å². The molecule has 1 heterocycles. The zero-order valence-electron chi connectivity index (χ0n) is 13.7. The SMILES string of the molecule is C=C/C=C(\N=C)C1CC1C(=O)Nc1ccc(-c2ccc(=O)[nH]c2)cc1. The summed E-state index contributed by atoms with van der Waals surface area (Å²) in [5, 5.41) is 2.93. The average Bonchev–Trinajstić information content (AvgIpc) is 3.42. The summed E-state index contributed by atoms with van der Waals surface area (Å²) in [6.07, 6.45) is 5.90. The van der Waals surface area contributed by atoms with Crippen LogP contribution in [0.25, 0.3) is 11.1 Å². The molecule has 3 rings (SSSR count). The monoisotopic (exact) mass is 333 g/mol. The Bertz CT molecular complexity index is 873. The fourth-order valence-corrected chi connectivity index (χ4v) is 2.80. The van der Waals surface area contributed by atoms with Gasteiger partial charge in [0.05, 0.1) is 0 Å². The molecule has 1 aliphatic rings. The van der Waals surface area contributed by atoms with Gasteiger partial charge in [-0.3, -0.25) is 14.6 Å². The molecular weight excluding hydrogens is 314 g/mol. The van der Waals surface area contributed by atoms with Crippen LogP contribution in [0.5, 0.6) is 0 Å². The van der Waals surface area contributed by atoms with Crippen molar-refractivity contribution in [2.45, 2.75) is 6.42 Å². The fourth-order valence-electron chi connectivity index (χ4n) is 2.80. The van der Waals surface area contributed by atoms with Crippen molar-refractivity contribution in [1.82, 2.24) is 4.98 Å². The third-order valence-electron chi connectivity index (χ3n) is 4.25. The van der Waals surface area contributed by atoms with Gasteiger partial charge in [-0.15, -0.1) is 0 Å². The zero-order valence-corrected chi connectivity index (χ0v) is 13.7. The number of aliphatic imine (C=N–C) groups is 1. The lowest BCUT2D eigenvalue weighted by atomic mass is 10.1. The Kier molecular flexibility index (Phi) is 4.75. The molecule has 0 bridgehead atoms. The Morgan fingerprint density at radius 2 is 1.88 bits per heavy atom. The van der Waals surface area contributed by atoms with Gasteiger partial charge in [-0.25, -0.2) is 0 Å². The van der Waals surface area contributed by atoms with E-state index in [1.807, 2.05) is 24.3 Å². The van der Waals surface area contributed by atoms with E-state index in [9.17, 15) is 9.59 Å². The van der Waals surface area contributed by atoms with Crippen molar-refractivity contribution >= 4 is 18.3 Å². The van der Waals surface area contributed by atoms with Crippen LogP contribution in [-0.2, 0) is 4.79 Å². The standard InChI is InChI=1S/C20H19N3O2/c1-3-4-18(21-2)16-11-17(16)20(25)23-15-8-5-13(6-9-15)14-7-10-19(24)22-12-14/h3-10,12,16-17H,1-2,11H2,(H,22,24)(H,23,25)/b18-4-. The Balaban J connectivity index is 1.64. The number of rotatable bonds is 6. The van der Waals surface area contributed by atoms with Crippen LogP contribution in [0.3, 0.4) is 0 Å². The number of aromatic amines is 1. The quantitative estimate of drug-likeness (QED) is 0.628. The lowest BCUT2D eigenvalue weighted by molar-refractivity contribution is -0.117. The number of benzene rings is 1. The molecule has 2 unspecified atom stereocenters. The first-order valence-corrected chi connectivity index (χ1v) is 8.01. The highest BCUT2D eigenvalue weighted by Crippen LogP contribution is 2.45. The van der Waals surface area contributed by atoms with Crippen molar-refractivity contribution < 1.29 is 4.79 Å². The summed E-state index contributed by atoms with van der Waals surface area (Å²) in [5.74, 6) is 0.0342. The van der Waals surface area contributed by atoms with Gasteiger partial charge >= 0.3 is 0 Å². The Morgan fingerprint density at radius 3 is 2.48 bits per heavy atom. The molecular formula is C20H19N3O2. The van der Waals surface area contributed by atoms with E-state index in [0.717, 1.165) is 28.9 Å². The molecule has 5 nitrogen and oxygen atoms in total. The molecule has 0 radical (unpaired) electrons. The molecule has 0 spiro atoms. The van der Waals surface area contributed by atoms with Crippen LogP contribution in [-0.4, -0.2) is 17.6 Å². The maximum Gasteiger partial charge on any atom is 0.247 e. The smallest absolute Gasteiger partial charge is 0.247 e. The topological polar surface area (TPSA) is 74.3 Å². The first-order chi connectivity index (χ1) is 12.1. The number of nitrogens with zero attached hydrogens (tertiary/aromatic N) is 1. The summed E-state index contributed by atoms with van der Waals surface area (Å²) < 4.78 is 0. The normalized spacial score (nSPS) is 19.1. The van der Waals surface area contributed by atoms with E-state index < -0.39 is 0 Å². The summed E-state index contributed by atoms with van der Waals surface area (Å²) in [4.78, 5) is 30.1. The average molecular weight is 333 g/mol. The van der Waals surface area contributed by atoms with Crippen molar-refractivity contribution in [1.29, 1.82) is 0 Å². The molecule has 1 saturated carbocycles. The minimum atomic E-state index is -0.134. The van der Waals surface area contributed by atoms with Gasteiger partial charge < -0.3 is 10.3 Å². The Labute approximate surface area is 145 Å². The predicted molar refractivity (Wildman–Crippen MR) is 101 cm³/mol. The second kappa shape index (κ2) is 7.13. The number of aromatic nitrogens is 1. The van der Waals surface area contributed by atoms with Gasteiger partial charge in [-0.05, 0) is 48.5 Å². The number of hydrogen-bond donors (Lipinski definition) is 2. The van der Waals surface area contributed by atoms with Crippen LogP contribution in [0.15, 0.2) is 76.8 Å². The highest BCUT2D eigenvalue weighted by molar-refractivity contribution is 5.95. The first kappa shape index (κ1) is 16.6. The molecule has 1 amide bonds. The number of anilines is 1. The fraction of sp³-hybridized carbons (Fsp3) is 0.150. The Hall–Kier alpha value is -3.21. The summed E-state index contributed by atoms with van der Waals surface area (Å²) in [5.41, 5.74) is 3.29. The van der Waals surface area contributed by atoms with Gasteiger partial charge in [0.1, 0.15) is 0 Å². The molecule has 0 aliphatic heterocycles. The zero-order chi connectivity index (χ0) is 17.8. The van der Waals surface area contributed by atoms with Gasteiger partial charge in [0.25, 0.3) is 0 Å². The minimum Gasteiger partial charge on any atom is -0.328 e. The molecule has 2 aromatic rings. The molecule has 1 aromatic carbocycles. The maximum absolute atomic E-state index is 12.3. The van der Waals surface area contributed by atoms with Gasteiger partial charge in [0.15, 0.2) is 0 Å². The number of nitrogens with one attached hydrogen (secondary N) is 2. The number of H-pyrrole nitrogens is 1. The second-order valence-corrected chi connectivity index (χ2v) is 5.94. The predicted octanol–water partition coefficient (Wildman–Crippen LogP) is 3.39. The van der Waals surface area contributed by atoms with Gasteiger partial charge in [0.2, 0.25) is 11.5 Å². The molecule has 2 N–H and O–H groups in total. The number of amides is 1. The van der Waals surface area contributed by atoms with Crippen molar-refractivity contribution in [2.24, 2.45) is 16.8 Å². The van der Waals surface area contributed by atoms with Crippen LogP contribution in [0, 0.1) is 11.8 Å². The first-order valence-electron chi connectivity index (χ1n) is 8.01. The van der Waals surface area contributed by atoms with Gasteiger partial charge in [0, 0.05) is 35.5 Å². The van der Waals surface area contributed by atoms with Crippen molar-refractivity contribution in [2.75, 3.05) is 5.32 Å². The molecule has 1 aliphatic carbocycles. The minimum absolute atomic E-state index is 0.0135. The summed E-state index contributed by atoms with van der Waals surface area (Å²) >= 11 is 0. The van der Waals surface area contributed by atoms with Crippen molar-refractivity contribution in [3.63, 3.8) is 0 Å². The van der Waals surface area contributed by atoms with Crippen LogP contribution in [0.2, 0.25) is 0 Å². The van der Waals surface area contributed by atoms with E-state index >= 15 is 0 Å². The van der Waals surface area contributed by atoms with Crippen LogP contribution in [0.4, 0.5) is 5.69 Å². The van der Waals surface area contributed by atoms with Gasteiger partial charge in [-0.2, -0.15) is 0 Å². The number of allylic oxidation sites excluding steroid dienone is 3. The highest BCUT2D eigenvalue weighted by atomic mass is 16.2. The van der Waals surface area contributed by atoms with E-state index in [2.05, 4.69) is 28.6 Å². The molecule has 126 valence electrons. The second-order valence-electron chi connectivity index (χ2n) is 5.94. The molecule has 25 heavy (non-hydrogen) atoms. The van der Waals surface area contributed by atoms with Gasteiger partial charge in [-0.1, -0.05) is 24.8 Å². The Morgan fingerprint density at radius 1 is 1.16 bits per heavy atom. The molecule has 1 fully saturated rings. The van der Waals surface area contributed by atoms with Crippen LogP contribution in [0.1, 0.15) is 6.42 Å². The third kappa shape index (κ3) is 3.83. The third-order valence-corrected chi connectivity index (χ3v) is 4.25. The number of carbonyl (C=O) groups excluding carboxylic acids is 1. The lowest BCUT2D eigenvalue weighted by Gasteiger charge is -2.07. The highest BCUT2D eigenvalue weighted by Gasteiger charge is 2.45. The number of hydrogen-bond acceptors (Lipinski definition) is 3. The van der Waals surface area contributed by atoms with Crippen LogP contribution < -0.4 is 10.9 Å². The molecule has 1 aromatic heterocycles. The molecule has 0 saturated heterocycles. The van der Waals surface area contributed by atoms with E-state index in [0.29, 0.717) is 0 Å². The largest absolute Gasteiger partial charge is 0.328 e. The number of carbonyl (C=O) groups is 1. The lowest BCUT2D eigenvalue weighted by Crippen LogP contribution is -2.15. The molecule has 5 heteroatoms. The van der Waals surface area contributed by atoms with Crippen LogP contribution >= 0.6 is 0 Å². The summed E-state index contributed by atoms with van der Waals surface area (Å²) in [6.45, 7) is 7.19. The summed E-state index contributed by atoms with van der Waals surface area (Å²) in [6, 6.07) is 10.8. The maximum atomic E-state index is 12.3.